The minimum Gasteiger partial charge on any atom is -0.382 e. The summed E-state index contributed by atoms with van der Waals surface area (Å²) in [5.41, 5.74) is 4.92. The molecular formula is C5H9NO3S2. The van der Waals surface area contributed by atoms with Crippen LogP contribution in [0.4, 0.5) is 0 Å². The van der Waals surface area contributed by atoms with Crippen LogP contribution in [0.25, 0.3) is 0 Å². The summed E-state index contributed by atoms with van der Waals surface area (Å²) in [5, 5.41) is -0.749. The summed E-state index contributed by atoms with van der Waals surface area (Å²) < 4.78 is 4.37. The molecule has 0 aliphatic carbocycles. The van der Waals surface area contributed by atoms with Crippen molar-refractivity contribution in [3.05, 3.63) is 0 Å². The van der Waals surface area contributed by atoms with Crippen LogP contribution in [-0.4, -0.2) is 22.9 Å². The SMILES string of the molecule is CC(S)C(=O)SOC(=O)CN. The van der Waals surface area contributed by atoms with Gasteiger partial charge in [0.05, 0.1) is 11.8 Å². The molecule has 0 heterocycles. The van der Waals surface area contributed by atoms with Gasteiger partial charge in [0, 0.05) is 0 Å². The summed E-state index contributed by atoms with van der Waals surface area (Å²) in [7, 11) is 0. The lowest BCUT2D eigenvalue weighted by atomic mass is 10.5. The van der Waals surface area contributed by atoms with Crippen molar-refractivity contribution in [2.24, 2.45) is 5.73 Å². The van der Waals surface area contributed by atoms with Crippen LogP contribution in [0.1, 0.15) is 6.92 Å². The summed E-state index contributed by atoms with van der Waals surface area (Å²) in [6.45, 7) is 1.37. The molecule has 0 saturated carbocycles. The van der Waals surface area contributed by atoms with E-state index in [0.29, 0.717) is 12.0 Å². The Kier molecular flexibility index (Phi) is 5.35. The van der Waals surface area contributed by atoms with Crippen LogP contribution in [0, 0.1) is 0 Å². The van der Waals surface area contributed by atoms with E-state index < -0.39 is 11.2 Å². The number of hydrogen-bond acceptors (Lipinski definition) is 6. The molecule has 11 heavy (non-hydrogen) atoms. The third-order valence-electron chi connectivity index (χ3n) is 0.725. The topological polar surface area (TPSA) is 69.4 Å². The lowest BCUT2D eigenvalue weighted by molar-refractivity contribution is -0.132. The van der Waals surface area contributed by atoms with Crippen molar-refractivity contribution < 1.29 is 13.8 Å². The molecule has 0 aliphatic heterocycles. The zero-order valence-electron chi connectivity index (χ0n) is 5.94. The number of hydrogen-bond donors (Lipinski definition) is 2. The quantitative estimate of drug-likeness (QED) is 0.479. The molecule has 4 nitrogen and oxygen atoms in total. The Balaban J connectivity index is 3.54. The standard InChI is InChI=1S/C5H9NO3S2/c1-3(10)5(8)11-9-4(7)2-6/h3,10H,2,6H2,1H3. The Morgan fingerprint density at radius 2 is 2.27 bits per heavy atom. The lowest BCUT2D eigenvalue weighted by Gasteiger charge is -2.00. The molecule has 64 valence electrons. The maximum absolute atomic E-state index is 10.7. The average Bonchev–Trinajstić information content (AvgIpc) is 1.99. The molecule has 0 saturated heterocycles. The van der Waals surface area contributed by atoms with Gasteiger partial charge in [-0.15, -0.1) is 0 Å². The number of nitrogens with two attached hydrogens (primary N) is 1. The van der Waals surface area contributed by atoms with Crippen molar-refractivity contribution >= 4 is 35.8 Å². The molecule has 1 unspecified atom stereocenters. The van der Waals surface area contributed by atoms with Crippen LogP contribution >= 0.6 is 24.7 Å². The molecule has 0 aromatic carbocycles. The number of thiol groups is 1. The summed E-state index contributed by atoms with van der Waals surface area (Å²) in [4.78, 5) is 21.1. The first kappa shape index (κ1) is 10.8. The lowest BCUT2D eigenvalue weighted by Crippen LogP contribution is -2.16. The van der Waals surface area contributed by atoms with Gasteiger partial charge < -0.3 is 9.92 Å². The maximum atomic E-state index is 10.7. The fourth-order valence-electron chi connectivity index (χ4n) is 0.191. The van der Waals surface area contributed by atoms with E-state index in [9.17, 15) is 9.59 Å². The van der Waals surface area contributed by atoms with E-state index in [-0.39, 0.29) is 11.7 Å². The minimum absolute atomic E-state index is 0.221. The van der Waals surface area contributed by atoms with Gasteiger partial charge in [-0.1, -0.05) is 0 Å². The molecule has 0 rings (SSSR count). The molecule has 0 spiro atoms. The highest BCUT2D eigenvalue weighted by molar-refractivity contribution is 8.11. The second-order valence-corrected chi connectivity index (χ2v) is 3.25. The molecule has 6 heteroatoms. The maximum Gasteiger partial charge on any atom is 0.332 e. The van der Waals surface area contributed by atoms with E-state index in [1.165, 1.54) is 0 Å². The average molecular weight is 195 g/mol. The van der Waals surface area contributed by atoms with Crippen LogP contribution < -0.4 is 5.73 Å². The summed E-state index contributed by atoms with van der Waals surface area (Å²) in [5.74, 6) is -0.614. The van der Waals surface area contributed by atoms with Crippen LogP contribution in [0.3, 0.4) is 0 Å². The van der Waals surface area contributed by atoms with Crippen molar-refractivity contribution in [3.8, 4) is 0 Å². The fraction of sp³-hybridized carbons (Fsp3) is 0.600. The highest BCUT2D eigenvalue weighted by Crippen LogP contribution is 2.10. The van der Waals surface area contributed by atoms with Gasteiger partial charge >= 0.3 is 5.97 Å². The second-order valence-electron chi connectivity index (χ2n) is 1.74. The van der Waals surface area contributed by atoms with Gasteiger partial charge in [0.25, 0.3) is 0 Å². The van der Waals surface area contributed by atoms with Gasteiger partial charge in [0.15, 0.2) is 0 Å². The molecule has 0 radical (unpaired) electrons. The van der Waals surface area contributed by atoms with Crippen molar-refractivity contribution in [2.75, 3.05) is 6.54 Å². The molecule has 0 fully saturated rings. The number of carbonyl (C=O) groups excluding carboxylic acids is 2. The van der Waals surface area contributed by atoms with Crippen LogP contribution in [0.2, 0.25) is 0 Å². The first-order chi connectivity index (χ1) is 5.07. The smallest absolute Gasteiger partial charge is 0.332 e. The van der Waals surface area contributed by atoms with Gasteiger partial charge in [-0.25, -0.2) is 4.79 Å². The van der Waals surface area contributed by atoms with Crippen molar-refractivity contribution in [2.45, 2.75) is 12.2 Å². The van der Waals surface area contributed by atoms with Gasteiger partial charge in [-0.3, -0.25) is 4.79 Å². The monoisotopic (exact) mass is 195 g/mol. The van der Waals surface area contributed by atoms with E-state index in [1.54, 1.807) is 6.92 Å². The van der Waals surface area contributed by atoms with Crippen LogP contribution in [0.5, 0.6) is 0 Å². The van der Waals surface area contributed by atoms with Crippen molar-refractivity contribution in [1.29, 1.82) is 0 Å². The highest BCUT2D eigenvalue weighted by atomic mass is 32.2. The fourth-order valence-corrected chi connectivity index (χ4v) is 0.703. The zero-order valence-corrected chi connectivity index (χ0v) is 7.65. The van der Waals surface area contributed by atoms with E-state index >= 15 is 0 Å². The van der Waals surface area contributed by atoms with E-state index in [0.717, 1.165) is 0 Å². The van der Waals surface area contributed by atoms with Crippen molar-refractivity contribution in [3.63, 3.8) is 0 Å². The minimum atomic E-state index is -0.614. The van der Waals surface area contributed by atoms with Gasteiger partial charge in [-0.05, 0) is 6.92 Å². The highest BCUT2D eigenvalue weighted by Gasteiger charge is 2.12. The predicted octanol–water partition coefficient (Wildman–Crippen LogP) is -0.0186. The Labute approximate surface area is 74.5 Å². The summed E-state index contributed by atoms with van der Waals surface area (Å²) >= 11 is 4.30. The van der Waals surface area contributed by atoms with E-state index in [4.69, 9.17) is 5.73 Å². The summed E-state index contributed by atoms with van der Waals surface area (Å²) in [6, 6.07) is 0. The van der Waals surface area contributed by atoms with Crippen LogP contribution in [-0.2, 0) is 13.8 Å². The van der Waals surface area contributed by atoms with Crippen molar-refractivity contribution in [1.82, 2.24) is 0 Å². The Morgan fingerprint density at radius 3 is 2.64 bits per heavy atom. The number of rotatable bonds is 2. The second kappa shape index (κ2) is 5.45. The zero-order chi connectivity index (χ0) is 8.85. The van der Waals surface area contributed by atoms with Crippen LogP contribution in [0.15, 0.2) is 0 Å². The Morgan fingerprint density at radius 1 is 1.73 bits per heavy atom. The number of carbonyl (C=O) groups is 2. The summed E-state index contributed by atoms with van der Waals surface area (Å²) in [6.07, 6.45) is 0. The third-order valence-corrected chi connectivity index (χ3v) is 1.92. The Bertz CT molecular complexity index is 160. The largest absolute Gasteiger partial charge is 0.382 e. The van der Waals surface area contributed by atoms with Gasteiger partial charge in [0.2, 0.25) is 5.12 Å². The molecule has 0 aliphatic rings. The molecule has 0 bridgehead atoms. The molecular weight excluding hydrogens is 186 g/mol. The normalized spacial score (nSPS) is 12.3. The molecule has 1 atom stereocenters. The van der Waals surface area contributed by atoms with E-state index in [1.807, 2.05) is 0 Å². The molecule has 0 amide bonds. The van der Waals surface area contributed by atoms with E-state index in [2.05, 4.69) is 16.8 Å². The Hall–Kier alpha value is -0.200. The molecule has 0 aromatic rings. The molecule has 2 N–H and O–H groups in total. The first-order valence-corrected chi connectivity index (χ1v) is 4.13. The predicted molar refractivity (Wildman–Crippen MR) is 46.2 cm³/mol. The molecule has 0 aromatic heterocycles. The van der Waals surface area contributed by atoms with Gasteiger partial charge in [0.1, 0.15) is 12.0 Å². The first-order valence-electron chi connectivity index (χ1n) is 2.87. The van der Waals surface area contributed by atoms with Gasteiger partial charge in [-0.2, -0.15) is 12.6 Å². The third kappa shape index (κ3) is 5.11.